The highest BCUT2D eigenvalue weighted by Gasteiger charge is 2.33. The van der Waals surface area contributed by atoms with E-state index < -0.39 is 41.7 Å². The van der Waals surface area contributed by atoms with E-state index in [0.717, 1.165) is 5.56 Å². The van der Waals surface area contributed by atoms with Gasteiger partial charge in [-0.05, 0) is 65.6 Å². The van der Waals surface area contributed by atoms with Gasteiger partial charge in [-0.25, -0.2) is 19.2 Å². The zero-order chi connectivity index (χ0) is 42.3. The topological polar surface area (TPSA) is 220 Å². The van der Waals surface area contributed by atoms with Gasteiger partial charge in [0.05, 0.1) is 27.0 Å². The second-order valence-corrected chi connectivity index (χ2v) is 15.3. The van der Waals surface area contributed by atoms with E-state index in [4.69, 9.17) is 50.0 Å². The van der Waals surface area contributed by atoms with E-state index in [0.29, 0.717) is 46.1 Å². The first kappa shape index (κ1) is 41.7. The van der Waals surface area contributed by atoms with Gasteiger partial charge in [-0.15, -0.1) is 0 Å². The molecule has 0 amide bonds. The number of nitrogens with zero attached hydrogens (tertiary/aromatic N) is 1. The Morgan fingerprint density at radius 2 is 1.16 bits per heavy atom. The highest BCUT2D eigenvalue weighted by molar-refractivity contribution is 6.17. The Labute approximate surface area is 335 Å². The lowest BCUT2D eigenvalue weighted by Gasteiger charge is -2.24. The molecular weight excluding hydrogens is 748 g/mol. The summed E-state index contributed by atoms with van der Waals surface area (Å²) in [7, 11) is 4.34. The SMILES string of the molecule is COc1cc(-c2c3n(c4c(=O)oc5cc(OC(=O)[C@H](N)C(C)C)c(OC)cc5c24)CCc2cc(OC(=O)[C@H](N)C(C)C)c(OC)cc2-3)ccc1OC(=O)[C@H](N)C(C)C. The summed E-state index contributed by atoms with van der Waals surface area (Å²) in [5, 5.41) is 0.964. The predicted octanol–water partition coefficient (Wildman–Crippen LogP) is 5.33. The minimum Gasteiger partial charge on any atom is -0.493 e. The third kappa shape index (κ3) is 7.60. The third-order valence-electron chi connectivity index (χ3n) is 10.5. The van der Waals surface area contributed by atoms with Gasteiger partial charge in [-0.3, -0.25) is 0 Å². The number of hydrogen-bond donors (Lipinski definition) is 3. The molecule has 0 radical (unpaired) electrons. The Hall–Kier alpha value is -5.90. The molecule has 15 nitrogen and oxygen atoms in total. The summed E-state index contributed by atoms with van der Waals surface area (Å²) in [6.45, 7) is 11.2. The van der Waals surface area contributed by atoms with E-state index in [-0.39, 0.29) is 63.4 Å². The largest absolute Gasteiger partial charge is 0.493 e. The molecule has 0 bridgehead atoms. The molecule has 15 heteroatoms. The molecule has 0 unspecified atom stereocenters. The highest BCUT2D eigenvalue weighted by atomic mass is 16.6. The fourth-order valence-corrected chi connectivity index (χ4v) is 6.84. The van der Waals surface area contributed by atoms with E-state index in [2.05, 4.69) is 0 Å². The Balaban J connectivity index is 1.65. The molecular formula is C43H50N4O11. The van der Waals surface area contributed by atoms with Gasteiger partial charge < -0.3 is 54.6 Å². The van der Waals surface area contributed by atoms with Gasteiger partial charge in [-0.2, -0.15) is 0 Å². The first-order valence-electron chi connectivity index (χ1n) is 19.0. The number of carbonyl (C=O) groups excluding carboxylic acids is 3. The first-order chi connectivity index (χ1) is 27.5. The summed E-state index contributed by atoms with van der Waals surface area (Å²) >= 11 is 0. The number of fused-ring (bicyclic) bond motifs is 7. The summed E-state index contributed by atoms with van der Waals surface area (Å²) in [5.74, 6) is -1.38. The lowest BCUT2D eigenvalue weighted by atomic mass is 9.91. The highest BCUT2D eigenvalue weighted by Crippen LogP contribution is 2.50. The molecule has 1 aliphatic heterocycles. The Bertz CT molecular complexity index is 2480. The van der Waals surface area contributed by atoms with Crippen LogP contribution >= 0.6 is 0 Å². The lowest BCUT2D eigenvalue weighted by molar-refractivity contribution is -0.137. The molecule has 1 aliphatic rings. The molecule has 0 saturated heterocycles. The van der Waals surface area contributed by atoms with E-state index in [1.807, 2.05) is 32.3 Å². The van der Waals surface area contributed by atoms with Crippen molar-refractivity contribution in [3.63, 3.8) is 0 Å². The normalized spacial score (nSPS) is 13.9. The summed E-state index contributed by atoms with van der Waals surface area (Å²) in [6.07, 6.45) is 0.441. The molecule has 3 atom stereocenters. The monoisotopic (exact) mass is 798 g/mol. The van der Waals surface area contributed by atoms with Crippen LogP contribution in [-0.2, 0) is 27.3 Å². The minimum atomic E-state index is -0.911. The van der Waals surface area contributed by atoms with Crippen LogP contribution in [0.2, 0.25) is 0 Å². The zero-order valence-corrected chi connectivity index (χ0v) is 34.1. The smallest absolute Gasteiger partial charge is 0.361 e. The van der Waals surface area contributed by atoms with Gasteiger partial charge in [0.1, 0.15) is 29.2 Å². The van der Waals surface area contributed by atoms with Crippen LogP contribution < -0.4 is 51.2 Å². The van der Waals surface area contributed by atoms with Crippen molar-refractivity contribution >= 4 is 39.8 Å². The molecule has 58 heavy (non-hydrogen) atoms. The number of hydrogen-bond acceptors (Lipinski definition) is 14. The molecule has 0 saturated carbocycles. The minimum absolute atomic E-state index is 0.0194. The number of rotatable bonds is 13. The maximum Gasteiger partial charge on any atom is 0.361 e. The Kier molecular flexibility index (Phi) is 11.9. The number of aromatic nitrogens is 1. The van der Waals surface area contributed by atoms with Crippen LogP contribution in [0.3, 0.4) is 0 Å². The standard InChI is InChI=1S/C43H50N4O11/c1-19(2)35(44)40(48)55-26-11-10-23(15-28(26)52-7)33-34-25-17-30(54-9)32(58-42(50)37(46)21(5)6)18-27(25)56-43(51)39(34)47-13-12-22-14-31(57-41(49)36(45)20(3)4)29(53-8)16-24(22)38(33)47/h10-11,14-21,35-37H,12-13,44-46H2,1-9H3/t35-,36-,37-/m1/s1. The summed E-state index contributed by atoms with van der Waals surface area (Å²) in [4.78, 5) is 53.1. The number of methoxy groups -OCH3 is 3. The number of nitrogens with two attached hydrogens (primary N) is 3. The van der Waals surface area contributed by atoms with Crippen molar-refractivity contribution < 1.29 is 47.2 Å². The molecule has 2 aromatic heterocycles. The van der Waals surface area contributed by atoms with Crippen LogP contribution in [0.5, 0.6) is 34.5 Å². The molecule has 0 aliphatic carbocycles. The van der Waals surface area contributed by atoms with E-state index in [1.54, 1.807) is 50.2 Å². The van der Waals surface area contributed by atoms with Crippen LogP contribution in [0.25, 0.3) is 44.3 Å². The van der Waals surface area contributed by atoms with Crippen molar-refractivity contribution in [1.82, 2.24) is 4.57 Å². The molecule has 308 valence electrons. The summed E-state index contributed by atoms with van der Waals surface area (Å²) in [6, 6.07) is 9.00. The molecule has 5 aromatic rings. The lowest BCUT2D eigenvalue weighted by Crippen LogP contribution is -2.38. The van der Waals surface area contributed by atoms with Gasteiger partial charge in [-0.1, -0.05) is 47.6 Å². The van der Waals surface area contributed by atoms with Crippen molar-refractivity contribution in [3.8, 4) is 56.9 Å². The van der Waals surface area contributed by atoms with Crippen LogP contribution in [-0.4, -0.2) is 61.9 Å². The number of benzene rings is 3. The van der Waals surface area contributed by atoms with Crippen molar-refractivity contribution in [1.29, 1.82) is 0 Å². The van der Waals surface area contributed by atoms with Crippen molar-refractivity contribution in [2.45, 2.75) is 72.6 Å². The first-order valence-corrected chi connectivity index (χ1v) is 19.0. The maximum atomic E-state index is 14.2. The van der Waals surface area contributed by atoms with Gasteiger partial charge >= 0.3 is 23.5 Å². The molecule has 3 heterocycles. The summed E-state index contributed by atoms with van der Waals surface area (Å²) in [5.41, 5.74) is 21.3. The predicted molar refractivity (Wildman–Crippen MR) is 218 cm³/mol. The average Bonchev–Trinajstić information content (AvgIpc) is 3.55. The fourth-order valence-electron chi connectivity index (χ4n) is 6.84. The van der Waals surface area contributed by atoms with Gasteiger partial charge in [0.15, 0.2) is 34.5 Å². The Morgan fingerprint density at radius 3 is 1.69 bits per heavy atom. The van der Waals surface area contributed by atoms with Gasteiger partial charge in [0, 0.05) is 34.5 Å². The molecule has 3 aromatic carbocycles. The van der Waals surface area contributed by atoms with Crippen LogP contribution in [0.4, 0.5) is 0 Å². The molecule has 0 fully saturated rings. The van der Waals surface area contributed by atoms with Crippen molar-refractivity contribution in [2.24, 2.45) is 35.0 Å². The van der Waals surface area contributed by atoms with Crippen LogP contribution in [0.15, 0.2) is 51.7 Å². The molecule has 6 N–H and O–H groups in total. The third-order valence-corrected chi connectivity index (χ3v) is 10.5. The van der Waals surface area contributed by atoms with E-state index in [1.165, 1.54) is 27.4 Å². The number of aryl methyl sites for hydroxylation is 2. The molecule has 0 spiro atoms. The van der Waals surface area contributed by atoms with Crippen molar-refractivity contribution in [3.05, 3.63) is 58.4 Å². The molecule has 6 rings (SSSR count). The summed E-state index contributed by atoms with van der Waals surface area (Å²) < 4.78 is 42.2. The number of ether oxygens (including phenoxy) is 6. The zero-order valence-electron chi connectivity index (χ0n) is 34.1. The quantitative estimate of drug-likeness (QED) is 0.0779. The average molecular weight is 799 g/mol. The van der Waals surface area contributed by atoms with Crippen molar-refractivity contribution in [2.75, 3.05) is 21.3 Å². The van der Waals surface area contributed by atoms with Gasteiger partial charge in [0.25, 0.3) is 0 Å². The number of carbonyl (C=O) groups is 3. The second-order valence-electron chi connectivity index (χ2n) is 15.3. The second kappa shape index (κ2) is 16.5. The Morgan fingerprint density at radius 1 is 0.655 bits per heavy atom. The van der Waals surface area contributed by atoms with Crippen LogP contribution in [0.1, 0.15) is 47.1 Å². The van der Waals surface area contributed by atoms with Gasteiger partial charge in [0.2, 0.25) is 0 Å². The fraction of sp³-hybridized carbons (Fsp3) is 0.395. The van der Waals surface area contributed by atoms with E-state index in [9.17, 15) is 19.2 Å². The number of esters is 3. The van der Waals surface area contributed by atoms with E-state index >= 15 is 0 Å². The maximum absolute atomic E-state index is 14.2. The van der Waals surface area contributed by atoms with Crippen LogP contribution in [0, 0.1) is 17.8 Å².